The molecule has 0 fully saturated rings. The van der Waals surface area contributed by atoms with Crippen LogP contribution in [0.4, 0.5) is 4.39 Å². The highest BCUT2D eigenvalue weighted by molar-refractivity contribution is 9.10. The third kappa shape index (κ3) is 3.08. The van der Waals surface area contributed by atoms with Crippen molar-refractivity contribution in [3.05, 3.63) is 52.1 Å². The van der Waals surface area contributed by atoms with Gasteiger partial charge in [0.1, 0.15) is 18.1 Å². The first-order valence-electron chi connectivity index (χ1n) is 5.04. The van der Waals surface area contributed by atoms with E-state index in [-0.39, 0.29) is 12.4 Å². The van der Waals surface area contributed by atoms with Crippen molar-refractivity contribution >= 4 is 15.9 Å². The Morgan fingerprint density at radius 3 is 2.71 bits per heavy atom. The summed E-state index contributed by atoms with van der Waals surface area (Å²) in [5.74, 6) is 1.08. The van der Waals surface area contributed by atoms with Gasteiger partial charge in [0, 0.05) is 4.47 Å². The standard InChI is InChI=1S/C12H11BrFNO2/c13-8-1-4-11(14)12(5-8)16-7-10-3-2-9(6-15)17-10/h1-5H,6-7,15H2. The largest absolute Gasteiger partial charge is 0.483 e. The number of halogens is 2. The normalized spacial score (nSPS) is 10.5. The zero-order chi connectivity index (χ0) is 12.3. The molecule has 17 heavy (non-hydrogen) atoms. The Bertz CT molecular complexity index is 513. The fourth-order valence-corrected chi connectivity index (χ4v) is 1.69. The van der Waals surface area contributed by atoms with Gasteiger partial charge in [0.2, 0.25) is 0 Å². The quantitative estimate of drug-likeness (QED) is 0.943. The second-order valence-electron chi connectivity index (χ2n) is 3.44. The Hall–Kier alpha value is -1.33. The van der Waals surface area contributed by atoms with E-state index in [0.717, 1.165) is 4.47 Å². The van der Waals surface area contributed by atoms with E-state index in [2.05, 4.69) is 15.9 Å². The van der Waals surface area contributed by atoms with E-state index in [4.69, 9.17) is 14.9 Å². The lowest BCUT2D eigenvalue weighted by atomic mass is 10.3. The molecule has 0 bridgehead atoms. The lowest BCUT2D eigenvalue weighted by molar-refractivity contribution is 0.255. The van der Waals surface area contributed by atoms with Crippen LogP contribution in [-0.2, 0) is 13.2 Å². The zero-order valence-corrected chi connectivity index (χ0v) is 10.5. The maximum absolute atomic E-state index is 13.3. The first-order valence-corrected chi connectivity index (χ1v) is 5.84. The fourth-order valence-electron chi connectivity index (χ4n) is 1.35. The van der Waals surface area contributed by atoms with E-state index in [0.29, 0.717) is 18.1 Å². The van der Waals surface area contributed by atoms with Crippen LogP contribution < -0.4 is 10.5 Å². The van der Waals surface area contributed by atoms with Crippen molar-refractivity contribution < 1.29 is 13.5 Å². The molecule has 0 saturated carbocycles. The van der Waals surface area contributed by atoms with Crippen LogP contribution in [0.2, 0.25) is 0 Å². The van der Waals surface area contributed by atoms with Crippen molar-refractivity contribution in [1.82, 2.24) is 0 Å². The molecule has 90 valence electrons. The summed E-state index contributed by atoms with van der Waals surface area (Å²) in [6.45, 7) is 0.513. The first kappa shape index (κ1) is 12.1. The SMILES string of the molecule is NCc1ccc(COc2cc(Br)ccc2F)o1. The summed E-state index contributed by atoms with van der Waals surface area (Å²) < 4.78 is 24.8. The third-order valence-electron chi connectivity index (χ3n) is 2.18. The van der Waals surface area contributed by atoms with Gasteiger partial charge >= 0.3 is 0 Å². The van der Waals surface area contributed by atoms with Crippen molar-refractivity contribution in [2.45, 2.75) is 13.2 Å². The van der Waals surface area contributed by atoms with Crippen LogP contribution in [0.25, 0.3) is 0 Å². The average molecular weight is 300 g/mol. The zero-order valence-electron chi connectivity index (χ0n) is 8.95. The van der Waals surface area contributed by atoms with E-state index in [9.17, 15) is 4.39 Å². The van der Waals surface area contributed by atoms with Gasteiger partial charge in [0.15, 0.2) is 11.6 Å². The van der Waals surface area contributed by atoms with Gasteiger partial charge in [0.25, 0.3) is 0 Å². The molecule has 0 atom stereocenters. The summed E-state index contributed by atoms with van der Waals surface area (Å²) in [4.78, 5) is 0. The van der Waals surface area contributed by atoms with E-state index >= 15 is 0 Å². The average Bonchev–Trinajstić information content (AvgIpc) is 2.78. The van der Waals surface area contributed by atoms with Gasteiger partial charge in [-0.2, -0.15) is 0 Å². The molecule has 0 unspecified atom stereocenters. The van der Waals surface area contributed by atoms with Crippen molar-refractivity contribution in [3.63, 3.8) is 0 Å². The Kier molecular flexibility index (Phi) is 3.81. The van der Waals surface area contributed by atoms with Crippen molar-refractivity contribution in [2.24, 2.45) is 5.73 Å². The Balaban J connectivity index is 2.04. The van der Waals surface area contributed by atoms with Crippen LogP contribution in [0.1, 0.15) is 11.5 Å². The monoisotopic (exact) mass is 299 g/mol. The highest BCUT2D eigenvalue weighted by atomic mass is 79.9. The van der Waals surface area contributed by atoms with Gasteiger partial charge in [0.05, 0.1) is 6.54 Å². The number of hydrogen-bond donors (Lipinski definition) is 1. The van der Waals surface area contributed by atoms with E-state index in [1.165, 1.54) is 6.07 Å². The number of nitrogens with two attached hydrogens (primary N) is 1. The molecule has 0 aliphatic carbocycles. The molecule has 1 aromatic heterocycles. The minimum Gasteiger partial charge on any atom is -0.483 e. The highest BCUT2D eigenvalue weighted by Crippen LogP contribution is 2.23. The molecule has 2 rings (SSSR count). The predicted molar refractivity (Wildman–Crippen MR) is 65.0 cm³/mol. The van der Waals surface area contributed by atoms with Crippen LogP contribution in [0.15, 0.2) is 39.2 Å². The van der Waals surface area contributed by atoms with E-state index in [1.807, 2.05) is 0 Å². The smallest absolute Gasteiger partial charge is 0.165 e. The maximum Gasteiger partial charge on any atom is 0.165 e. The molecule has 3 nitrogen and oxygen atoms in total. The molecule has 0 aliphatic rings. The number of hydrogen-bond acceptors (Lipinski definition) is 3. The minimum absolute atomic E-state index is 0.174. The summed E-state index contributed by atoms with van der Waals surface area (Å²) >= 11 is 3.25. The summed E-state index contributed by atoms with van der Waals surface area (Å²) in [5.41, 5.74) is 5.41. The molecular formula is C12H11BrFNO2. The molecule has 1 aromatic carbocycles. The Morgan fingerprint density at radius 1 is 1.24 bits per heavy atom. The van der Waals surface area contributed by atoms with Crippen molar-refractivity contribution in [1.29, 1.82) is 0 Å². The van der Waals surface area contributed by atoms with Gasteiger partial charge in [-0.15, -0.1) is 0 Å². The number of furan rings is 1. The number of rotatable bonds is 4. The van der Waals surface area contributed by atoms with Crippen LogP contribution in [0, 0.1) is 5.82 Å². The van der Waals surface area contributed by atoms with Crippen molar-refractivity contribution in [2.75, 3.05) is 0 Å². The lowest BCUT2D eigenvalue weighted by Gasteiger charge is -2.05. The topological polar surface area (TPSA) is 48.4 Å². The maximum atomic E-state index is 13.3. The molecule has 0 amide bonds. The summed E-state index contributed by atoms with van der Waals surface area (Å²) in [7, 11) is 0. The van der Waals surface area contributed by atoms with Crippen LogP contribution >= 0.6 is 15.9 Å². The van der Waals surface area contributed by atoms with Crippen LogP contribution in [0.3, 0.4) is 0 Å². The highest BCUT2D eigenvalue weighted by Gasteiger charge is 2.06. The molecular weight excluding hydrogens is 289 g/mol. The first-order chi connectivity index (χ1) is 8.19. The molecule has 0 spiro atoms. The van der Waals surface area contributed by atoms with Gasteiger partial charge in [-0.05, 0) is 30.3 Å². The van der Waals surface area contributed by atoms with Gasteiger partial charge in [-0.25, -0.2) is 4.39 Å². The number of benzene rings is 1. The minimum atomic E-state index is -0.404. The number of ether oxygens (including phenoxy) is 1. The summed E-state index contributed by atoms with van der Waals surface area (Å²) in [5, 5.41) is 0. The molecule has 5 heteroatoms. The van der Waals surface area contributed by atoms with Gasteiger partial charge in [-0.3, -0.25) is 0 Å². The Labute approximate surface area is 106 Å². The molecule has 0 saturated heterocycles. The van der Waals surface area contributed by atoms with E-state index in [1.54, 1.807) is 24.3 Å². The molecule has 1 heterocycles. The molecule has 2 aromatic rings. The summed E-state index contributed by atoms with van der Waals surface area (Å²) in [6.07, 6.45) is 0. The molecule has 0 radical (unpaired) electrons. The third-order valence-corrected chi connectivity index (χ3v) is 2.67. The summed E-state index contributed by atoms with van der Waals surface area (Å²) in [6, 6.07) is 8.06. The molecule has 2 N–H and O–H groups in total. The van der Waals surface area contributed by atoms with E-state index < -0.39 is 5.82 Å². The van der Waals surface area contributed by atoms with Crippen LogP contribution in [-0.4, -0.2) is 0 Å². The second kappa shape index (κ2) is 5.33. The van der Waals surface area contributed by atoms with Crippen LogP contribution in [0.5, 0.6) is 5.75 Å². The lowest BCUT2D eigenvalue weighted by Crippen LogP contribution is -1.97. The molecule has 0 aliphatic heterocycles. The Morgan fingerprint density at radius 2 is 2.00 bits per heavy atom. The van der Waals surface area contributed by atoms with Crippen molar-refractivity contribution in [3.8, 4) is 5.75 Å². The van der Waals surface area contributed by atoms with Gasteiger partial charge in [-0.1, -0.05) is 15.9 Å². The van der Waals surface area contributed by atoms with Gasteiger partial charge < -0.3 is 14.9 Å². The second-order valence-corrected chi connectivity index (χ2v) is 4.35. The predicted octanol–water partition coefficient (Wildman–Crippen LogP) is 3.22. The fraction of sp³-hybridized carbons (Fsp3) is 0.167.